The topological polar surface area (TPSA) is 73.8 Å². The molecule has 0 saturated heterocycles. The Balaban J connectivity index is 1.31. The van der Waals surface area contributed by atoms with Crippen molar-refractivity contribution in [3.8, 4) is 57.5 Å². The van der Waals surface area contributed by atoms with Gasteiger partial charge in [-0.25, -0.2) is 0 Å². The van der Waals surface area contributed by atoms with Gasteiger partial charge in [-0.1, -0.05) is 36.4 Å². The van der Waals surface area contributed by atoms with Crippen molar-refractivity contribution in [3.05, 3.63) is 155 Å². The number of methoxy groups -OCH3 is 6. The van der Waals surface area contributed by atoms with Gasteiger partial charge in [0.2, 0.25) is 5.75 Å². The van der Waals surface area contributed by atoms with E-state index in [9.17, 15) is 0 Å². The van der Waals surface area contributed by atoms with E-state index in [4.69, 9.17) is 37.9 Å². The van der Waals surface area contributed by atoms with Crippen LogP contribution in [-0.2, 0) is 38.5 Å². The maximum atomic E-state index is 6.69. The molecule has 0 bridgehead atoms. The fourth-order valence-electron chi connectivity index (χ4n) is 6.64. The minimum absolute atomic E-state index is 0.469. The van der Waals surface area contributed by atoms with Gasteiger partial charge in [-0.05, 0) is 145 Å². The molecule has 8 nitrogen and oxygen atoms in total. The van der Waals surface area contributed by atoms with Gasteiger partial charge in [-0.3, -0.25) is 0 Å². The van der Waals surface area contributed by atoms with E-state index in [2.05, 4.69) is 36.4 Å². The van der Waals surface area contributed by atoms with Crippen molar-refractivity contribution in [2.75, 3.05) is 42.7 Å². The second-order valence-electron chi connectivity index (χ2n) is 13.4. The summed E-state index contributed by atoms with van der Waals surface area (Å²) in [6.45, 7) is 0. The van der Waals surface area contributed by atoms with Gasteiger partial charge in [0.1, 0.15) is 40.2 Å². The maximum absolute atomic E-state index is 6.69. The molecule has 0 unspecified atom stereocenters. The van der Waals surface area contributed by atoms with Crippen molar-refractivity contribution in [2.45, 2.75) is 38.5 Å². The van der Waals surface area contributed by atoms with Crippen LogP contribution >= 0.6 is 0 Å². The lowest BCUT2D eigenvalue weighted by atomic mass is 10.0. The molecule has 0 aliphatic carbocycles. The summed E-state index contributed by atoms with van der Waals surface area (Å²) >= 11 is 0. The highest BCUT2D eigenvalue weighted by atomic mass is 16.5. The van der Waals surface area contributed by atoms with Crippen molar-refractivity contribution >= 4 is 0 Å². The van der Waals surface area contributed by atoms with Crippen LogP contribution in [0.5, 0.6) is 57.5 Å². The van der Waals surface area contributed by atoms with Crippen molar-refractivity contribution in [2.24, 2.45) is 0 Å². The average Bonchev–Trinajstić information content (AvgIpc) is 3.24. The number of aryl methyl sites for hydroxylation is 6. The van der Waals surface area contributed by atoms with E-state index in [0.717, 1.165) is 78.0 Å². The summed E-state index contributed by atoms with van der Waals surface area (Å²) in [7, 11) is 10.00. The van der Waals surface area contributed by atoms with Gasteiger partial charge in [-0.2, -0.15) is 0 Å². The Morgan fingerprint density at radius 2 is 0.589 bits per heavy atom. The molecule has 0 amide bonds. The molecule has 6 aromatic rings. The fraction of sp³-hybridized carbons (Fsp3) is 0.250. The molecule has 0 spiro atoms. The Hall–Kier alpha value is -6.28. The van der Waals surface area contributed by atoms with Gasteiger partial charge in [0.15, 0.2) is 11.5 Å². The van der Waals surface area contributed by atoms with Gasteiger partial charge >= 0.3 is 0 Å². The van der Waals surface area contributed by atoms with E-state index in [1.807, 2.05) is 84.9 Å². The molecule has 0 heterocycles. The van der Waals surface area contributed by atoms with Crippen molar-refractivity contribution in [3.63, 3.8) is 0 Å². The number of rotatable bonds is 19. The van der Waals surface area contributed by atoms with Crippen LogP contribution in [0.3, 0.4) is 0 Å². The third-order valence-electron chi connectivity index (χ3n) is 9.60. The Bertz CT molecular complexity index is 2080. The first-order chi connectivity index (χ1) is 27.4. The van der Waals surface area contributed by atoms with Crippen LogP contribution in [-0.4, -0.2) is 42.7 Å². The summed E-state index contributed by atoms with van der Waals surface area (Å²) in [5.41, 5.74) is 6.69. The van der Waals surface area contributed by atoms with E-state index in [0.29, 0.717) is 40.2 Å². The highest BCUT2D eigenvalue weighted by Crippen LogP contribution is 2.44. The molecule has 6 aromatic carbocycles. The molecule has 0 aliphatic rings. The van der Waals surface area contributed by atoms with E-state index >= 15 is 0 Å². The smallest absolute Gasteiger partial charge is 0.204 e. The lowest BCUT2D eigenvalue weighted by Gasteiger charge is -2.18. The number of benzene rings is 6. The van der Waals surface area contributed by atoms with Gasteiger partial charge in [-0.15, -0.1) is 0 Å². The van der Waals surface area contributed by atoms with Crippen molar-refractivity contribution in [1.82, 2.24) is 0 Å². The normalized spacial score (nSPS) is 10.8. The SMILES string of the molecule is COc1cccc(CCc2cc(OC)cc(Oc3cc(CCc4cccc(OC)c4)cc(Oc4cc(CCc5cccc(OC)c5)cc(OC)c4)c3OC)c2)c1. The first-order valence-electron chi connectivity index (χ1n) is 18.7. The molecule has 290 valence electrons. The zero-order valence-corrected chi connectivity index (χ0v) is 33.1. The van der Waals surface area contributed by atoms with Crippen LogP contribution in [0.25, 0.3) is 0 Å². The number of ether oxygens (including phenoxy) is 8. The molecular formula is C48H50O8. The van der Waals surface area contributed by atoms with E-state index in [1.165, 1.54) is 11.1 Å². The van der Waals surface area contributed by atoms with Crippen molar-refractivity contribution in [1.29, 1.82) is 0 Å². The third kappa shape index (κ3) is 10.7. The summed E-state index contributed by atoms with van der Waals surface area (Å²) in [6, 6.07) is 40.4. The minimum atomic E-state index is 0.469. The standard InChI is InChI=1S/C48H50O8/c1-49-39-13-7-10-33(22-39)16-19-36-25-42(52-4)31-44(27-36)55-46-29-38(21-18-35-12-9-15-41(24-35)51-3)30-47(48(46)54-6)56-45-28-37(26-43(32-45)53-5)20-17-34-11-8-14-40(23-34)50-2/h7-15,22-32H,16-21H2,1-6H3. The molecule has 56 heavy (non-hydrogen) atoms. The van der Waals surface area contributed by atoms with Gasteiger partial charge in [0, 0.05) is 12.1 Å². The molecule has 6 rings (SSSR count). The lowest BCUT2D eigenvalue weighted by molar-refractivity contribution is 0.350. The molecule has 0 fully saturated rings. The molecule has 0 aliphatic heterocycles. The zero-order chi connectivity index (χ0) is 39.3. The molecule has 0 aromatic heterocycles. The first-order valence-corrected chi connectivity index (χ1v) is 18.7. The van der Waals surface area contributed by atoms with E-state index < -0.39 is 0 Å². The van der Waals surface area contributed by atoms with Crippen LogP contribution in [0, 0.1) is 0 Å². The predicted octanol–water partition coefficient (Wildman–Crippen LogP) is 10.7. The second kappa shape index (κ2) is 19.4. The summed E-state index contributed by atoms with van der Waals surface area (Å²) in [6.07, 6.45) is 4.71. The molecular weight excluding hydrogens is 705 g/mol. The highest BCUT2D eigenvalue weighted by molar-refractivity contribution is 5.57. The predicted molar refractivity (Wildman–Crippen MR) is 220 cm³/mol. The Kier molecular flexibility index (Phi) is 13.6. The van der Waals surface area contributed by atoms with Crippen LogP contribution in [0.4, 0.5) is 0 Å². The molecule has 0 radical (unpaired) electrons. The molecule has 0 atom stereocenters. The summed E-state index contributed by atoms with van der Waals surface area (Å²) in [5, 5.41) is 0. The van der Waals surface area contributed by atoms with Crippen molar-refractivity contribution < 1.29 is 37.9 Å². The zero-order valence-electron chi connectivity index (χ0n) is 33.1. The Labute approximate surface area is 330 Å². The van der Waals surface area contributed by atoms with Crippen LogP contribution in [0.2, 0.25) is 0 Å². The van der Waals surface area contributed by atoms with Crippen LogP contribution in [0.1, 0.15) is 33.4 Å². The summed E-state index contributed by atoms with van der Waals surface area (Å²) in [5.74, 6) is 6.68. The molecule has 8 heteroatoms. The van der Waals surface area contributed by atoms with E-state index in [1.54, 1.807) is 42.7 Å². The molecule has 0 saturated carbocycles. The van der Waals surface area contributed by atoms with Crippen LogP contribution in [0.15, 0.2) is 121 Å². The Morgan fingerprint density at radius 1 is 0.286 bits per heavy atom. The number of hydrogen-bond donors (Lipinski definition) is 0. The highest BCUT2D eigenvalue weighted by Gasteiger charge is 2.19. The van der Waals surface area contributed by atoms with E-state index in [-0.39, 0.29) is 0 Å². The van der Waals surface area contributed by atoms with Crippen LogP contribution < -0.4 is 37.9 Å². The fourth-order valence-corrected chi connectivity index (χ4v) is 6.64. The molecule has 0 N–H and O–H groups in total. The number of hydrogen-bond acceptors (Lipinski definition) is 8. The van der Waals surface area contributed by atoms with Gasteiger partial charge in [0.05, 0.1) is 42.7 Å². The average molecular weight is 755 g/mol. The van der Waals surface area contributed by atoms with Gasteiger partial charge < -0.3 is 37.9 Å². The van der Waals surface area contributed by atoms with Gasteiger partial charge in [0.25, 0.3) is 0 Å². The monoisotopic (exact) mass is 754 g/mol. The maximum Gasteiger partial charge on any atom is 0.204 e. The minimum Gasteiger partial charge on any atom is -0.497 e. The summed E-state index contributed by atoms with van der Waals surface area (Å²) in [4.78, 5) is 0. The second-order valence-corrected chi connectivity index (χ2v) is 13.4. The largest absolute Gasteiger partial charge is 0.497 e. The summed E-state index contributed by atoms with van der Waals surface area (Å²) < 4.78 is 47.2. The lowest BCUT2D eigenvalue weighted by Crippen LogP contribution is -2.00. The third-order valence-corrected chi connectivity index (χ3v) is 9.60. The quantitative estimate of drug-likeness (QED) is 0.0809. The Morgan fingerprint density at radius 3 is 0.929 bits per heavy atom. The first kappa shape index (κ1) is 39.4.